The summed E-state index contributed by atoms with van der Waals surface area (Å²) in [5, 5.41) is 8.00. The van der Waals surface area contributed by atoms with Crippen LogP contribution in [0.1, 0.15) is 10.4 Å². The van der Waals surface area contributed by atoms with Crippen LogP contribution in [0.4, 0.5) is 0 Å². The normalized spacial score (nSPS) is 10.9. The molecule has 0 unspecified atom stereocenters. The number of benzene rings is 1. The zero-order valence-electron chi connectivity index (χ0n) is 10.7. The molecule has 9 heteroatoms. The number of aliphatic carboxylic acids is 1. The molecule has 0 heterocycles. The maximum Gasteiger partial charge on any atom is 0.313 e. The fraction of sp³-hybridized carbons (Fsp3) is 0.273. The van der Waals surface area contributed by atoms with Crippen molar-refractivity contribution < 1.29 is 32.0 Å². The Kier molecular flexibility index (Phi) is 5.40. The van der Waals surface area contributed by atoms with E-state index in [4.69, 9.17) is 14.0 Å². The molecule has 0 saturated heterocycles. The van der Waals surface area contributed by atoms with Crippen LogP contribution in [0.25, 0.3) is 0 Å². The van der Waals surface area contributed by atoms with E-state index in [-0.39, 0.29) is 22.8 Å². The molecule has 20 heavy (non-hydrogen) atoms. The number of hydrogen-bond donors (Lipinski definition) is 1. The summed E-state index contributed by atoms with van der Waals surface area (Å²) in [5.74, 6) is -1.48. The van der Waals surface area contributed by atoms with Gasteiger partial charge in [0.2, 0.25) is 5.12 Å². The Labute approximate surface area is 120 Å². The highest BCUT2D eigenvalue weighted by Crippen LogP contribution is 2.30. The predicted octanol–water partition coefficient (Wildman–Crippen LogP) is 0.992. The van der Waals surface area contributed by atoms with Crippen LogP contribution in [-0.2, 0) is 14.9 Å². The first-order valence-electron chi connectivity index (χ1n) is 5.19. The molecule has 0 atom stereocenters. The minimum atomic E-state index is -3.77. The van der Waals surface area contributed by atoms with Crippen molar-refractivity contribution >= 4 is 33.0 Å². The molecule has 0 radical (unpaired) electrons. The van der Waals surface area contributed by atoms with Crippen molar-refractivity contribution in [3.63, 3.8) is 0 Å². The van der Waals surface area contributed by atoms with Gasteiger partial charge in [-0.1, -0.05) is 11.8 Å². The van der Waals surface area contributed by atoms with Crippen LogP contribution in [0.5, 0.6) is 11.5 Å². The van der Waals surface area contributed by atoms with Crippen LogP contribution in [-0.4, -0.2) is 43.7 Å². The van der Waals surface area contributed by atoms with Gasteiger partial charge < -0.3 is 14.0 Å². The summed E-state index contributed by atoms with van der Waals surface area (Å²) >= 11 is 0.593. The number of hydrogen-bond acceptors (Lipinski definition) is 7. The minimum absolute atomic E-state index is 0.121. The number of carbonyl (C=O) groups is 2. The summed E-state index contributed by atoms with van der Waals surface area (Å²) in [6.45, 7) is 0. The Morgan fingerprint density at radius 3 is 2.45 bits per heavy atom. The first kappa shape index (κ1) is 16.3. The Hall–Kier alpha value is -1.74. The van der Waals surface area contributed by atoms with Crippen LogP contribution >= 0.6 is 11.8 Å². The minimum Gasteiger partial charge on any atom is -0.493 e. The van der Waals surface area contributed by atoms with Crippen LogP contribution in [0.15, 0.2) is 18.2 Å². The molecule has 0 saturated carbocycles. The van der Waals surface area contributed by atoms with Gasteiger partial charge in [-0.2, -0.15) is 8.42 Å². The lowest BCUT2D eigenvalue weighted by molar-refractivity contribution is -0.133. The molecule has 0 bridgehead atoms. The van der Waals surface area contributed by atoms with E-state index >= 15 is 0 Å². The molecule has 110 valence electrons. The van der Waals surface area contributed by atoms with E-state index < -0.39 is 21.2 Å². The number of ether oxygens (including phenoxy) is 1. The molecule has 0 fully saturated rings. The number of carboxylic acid groups (broad SMARTS) is 1. The molecule has 1 N–H and O–H groups in total. The summed E-state index contributed by atoms with van der Waals surface area (Å²) in [4.78, 5) is 22.1. The van der Waals surface area contributed by atoms with Crippen molar-refractivity contribution in [1.29, 1.82) is 0 Å². The van der Waals surface area contributed by atoms with Gasteiger partial charge in [0, 0.05) is 5.56 Å². The molecule has 0 aliphatic rings. The van der Waals surface area contributed by atoms with E-state index in [9.17, 15) is 18.0 Å². The lowest BCUT2D eigenvalue weighted by Crippen LogP contribution is -2.08. The van der Waals surface area contributed by atoms with Crippen molar-refractivity contribution in [2.75, 3.05) is 19.1 Å². The van der Waals surface area contributed by atoms with Gasteiger partial charge in [0.15, 0.2) is 11.5 Å². The van der Waals surface area contributed by atoms with Crippen LogP contribution in [0.2, 0.25) is 0 Å². The van der Waals surface area contributed by atoms with Crippen molar-refractivity contribution in [1.82, 2.24) is 0 Å². The fourth-order valence-electron chi connectivity index (χ4n) is 1.24. The van der Waals surface area contributed by atoms with Gasteiger partial charge in [-0.15, -0.1) is 0 Å². The summed E-state index contributed by atoms with van der Waals surface area (Å²) in [7, 11) is -2.45. The highest BCUT2D eigenvalue weighted by atomic mass is 32.2. The maximum absolute atomic E-state index is 11.7. The largest absolute Gasteiger partial charge is 0.493 e. The van der Waals surface area contributed by atoms with Crippen molar-refractivity contribution in [2.45, 2.75) is 0 Å². The molecule has 1 aromatic carbocycles. The predicted molar refractivity (Wildman–Crippen MR) is 72.9 cm³/mol. The Bertz CT molecular complexity index is 622. The second kappa shape index (κ2) is 6.62. The van der Waals surface area contributed by atoms with Crippen molar-refractivity contribution in [3.8, 4) is 11.5 Å². The average Bonchev–Trinajstić information content (AvgIpc) is 2.33. The van der Waals surface area contributed by atoms with Crippen molar-refractivity contribution in [3.05, 3.63) is 23.8 Å². The van der Waals surface area contributed by atoms with Gasteiger partial charge >= 0.3 is 16.1 Å². The summed E-state index contributed by atoms with van der Waals surface area (Å²) in [5.41, 5.74) is 0.121. The number of thioether (sulfide) groups is 1. The zero-order chi connectivity index (χ0) is 15.3. The van der Waals surface area contributed by atoms with Gasteiger partial charge in [-0.3, -0.25) is 9.59 Å². The van der Waals surface area contributed by atoms with Gasteiger partial charge in [0.25, 0.3) is 0 Å². The molecule has 0 aliphatic heterocycles. The van der Waals surface area contributed by atoms with Gasteiger partial charge in [0.05, 0.1) is 19.1 Å². The third kappa shape index (κ3) is 5.10. The van der Waals surface area contributed by atoms with E-state index in [0.29, 0.717) is 11.8 Å². The van der Waals surface area contributed by atoms with Gasteiger partial charge in [-0.25, -0.2) is 0 Å². The maximum atomic E-state index is 11.7. The molecule has 0 aliphatic carbocycles. The molecular formula is C11H12O7S2. The Morgan fingerprint density at radius 1 is 1.30 bits per heavy atom. The average molecular weight is 320 g/mol. The second-order valence-corrected chi connectivity index (χ2v) is 6.15. The summed E-state index contributed by atoms with van der Waals surface area (Å²) in [6, 6.07) is 3.96. The van der Waals surface area contributed by atoms with E-state index in [0.717, 1.165) is 6.26 Å². The first-order valence-corrected chi connectivity index (χ1v) is 7.99. The smallest absolute Gasteiger partial charge is 0.313 e. The molecule has 1 aromatic rings. The third-order valence-electron chi connectivity index (χ3n) is 1.97. The molecule has 0 amide bonds. The number of carboxylic acids is 1. The molecule has 1 rings (SSSR count). The summed E-state index contributed by atoms with van der Waals surface area (Å²) < 4.78 is 31.9. The SMILES string of the molecule is COc1ccc(C(=O)SCC(=O)O)cc1OS(C)(=O)=O. The summed E-state index contributed by atoms with van der Waals surface area (Å²) in [6.07, 6.45) is 0.861. The molecule has 7 nitrogen and oxygen atoms in total. The fourth-order valence-corrected chi connectivity index (χ4v) is 2.25. The number of carbonyl (C=O) groups excluding carboxylic acids is 1. The van der Waals surface area contributed by atoms with Crippen LogP contribution in [0, 0.1) is 0 Å². The molecule has 0 aromatic heterocycles. The Balaban J connectivity index is 3.03. The van der Waals surface area contributed by atoms with E-state index in [1.807, 2.05) is 0 Å². The van der Waals surface area contributed by atoms with Gasteiger partial charge in [-0.05, 0) is 18.2 Å². The second-order valence-electron chi connectivity index (χ2n) is 3.62. The number of methoxy groups -OCH3 is 1. The quantitative estimate of drug-likeness (QED) is 0.773. The Morgan fingerprint density at radius 2 is 1.95 bits per heavy atom. The van der Waals surface area contributed by atoms with E-state index in [2.05, 4.69) is 0 Å². The lowest BCUT2D eigenvalue weighted by Gasteiger charge is -2.09. The van der Waals surface area contributed by atoms with E-state index in [1.165, 1.54) is 25.3 Å². The first-order chi connectivity index (χ1) is 9.23. The molecular weight excluding hydrogens is 308 g/mol. The zero-order valence-corrected chi connectivity index (χ0v) is 12.3. The van der Waals surface area contributed by atoms with Crippen LogP contribution in [0.3, 0.4) is 0 Å². The van der Waals surface area contributed by atoms with Gasteiger partial charge in [0.1, 0.15) is 0 Å². The molecule has 0 spiro atoms. The topological polar surface area (TPSA) is 107 Å². The van der Waals surface area contributed by atoms with Crippen LogP contribution < -0.4 is 8.92 Å². The number of rotatable bonds is 6. The lowest BCUT2D eigenvalue weighted by atomic mass is 10.2. The third-order valence-corrected chi connectivity index (χ3v) is 3.34. The highest BCUT2D eigenvalue weighted by Gasteiger charge is 2.16. The van der Waals surface area contributed by atoms with E-state index in [1.54, 1.807) is 0 Å². The monoisotopic (exact) mass is 320 g/mol. The standard InChI is InChI=1S/C11H12O7S2/c1-17-8-4-3-7(11(14)19-6-10(12)13)5-9(8)18-20(2,15)16/h3-5H,6H2,1-2H3,(H,12,13). The highest BCUT2D eigenvalue weighted by molar-refractivity contribution is 8.14. The van der Waals surface area contributed by atoms with Crippen molar-refractivity contribution in [2.24, 2.45) is 0 Å².